The molecule has 0 aliphatic heterocycles. The zero-order chi connectivity index (χ0) is 24.9. The van der Waals surface area contributed by atoms with E-state index >= 15 is 0 Å². The summed E-state index contributed by atoms with van der Waals surface area (Å²) in [6.45, 7) is 4.61. The minimum absolute atomic E-state index is 0.391. The molecular weight excluding hydrogens is 428 g/mol. The number of unbranched alkanes of at least 4 members (excludes halogenated alkanes) is 1. The van der Waals surface area contributed by atoms with Gasteiger partial charge in [-0.05, 0) is 111 Å². The van der Waals surface area contributed by atoms with Crippen LogP contribution in [0.3, 0.4) is 0 Å². The molecule has 0 saturated heterocycles. The van der Waals surface area contributed by atoms with Crippen LogP contribution in [0.4, 0.5) is 0 Å². The molecule has 0 aromatic heterocycles. The minimum atomic E-state index is 0.391. The quantitative estimate of drug-likeness (QED) is 0.327. The zero-order valence-electron chi connectivity index (χ0n) is 23.2. The maximum absolute atomic E-state index is 10.8. The predicted octanol–water partition coefficient (Wildman–Crippen LogP) is 9.76. The van der Waals surface area contributed by atoms with Crippen molar-refractivity contribution in [1.29, 1.82) is 0 Å². The number of carbonyl (C=O) groups is 1. The fourth-order valence-electron chi connectivity index (χ4n) is 7.26. The van der Waals surface area contributed by atoms with E-state index in [4.69, 9.17) is 4.74 Å². The predicted molar refractivity (Wildman–Crippen MR) is 149 cm³/mol. The van der Waals surface area contributed by atoms with Gasteiger partial charge < -0.3 is 9.53 Å². The SMILES string of the molecule is CCCC1CCC(C2CCC(C=O)CC2)CC1.CCCCC1CCC(c2ccc(OC)cc2)CC1. The monoisotopic (exact) mass is 482 g/mol. The maximum Gasteiger partial charge on any atom is 0.123 e. The summed E-state index contributed by atoms with van der Waals surface area (Å²) >= 11 is 0. The molecule has 0 heterocycles. The fraction of sp³-hybridized carbons (Fsp3) is 0.788. The van der Waals surface area contributed by atoms with Gasteiger partial charge in [-0.25, -0.2) is 0 Å². The number of aldehydes is 1. The molecule has 3 aliphatic rings. The maximum atomic E-state index is 10.8. The summed E-state index contributed by atoms with van der Waals surface area (Å²) in [6.07, 6.45) is 24.7. The first-order valence-corrected chi connectivity index (χ1v) is 15.3. The highest BCUT2D eigenvalue weighted by atomic mass is 16.5. The van der Waals surface area contributed by atoms with Gasteiger partial charge in [0.05, 0.1) is 7.11 Å². The molecule has 4 rings (SSSR count). The fourth-order valence-corrected chi connectivity index (χ4v) is 7.26. The Hall–Kier alpha value is -1.31. The summed E-state index contributed by atoms with van der Waals surface area (Å²) in [5.74, 6) is 6.12. The third-order valence-electron chi connectivity index (χ3n) is 9.66. The summed E-state index contributed by atoms with van der Waals surface area (Å²) < 4.78 is 5.22. The van der Waals surface area contributed by atoms with Crippen LogP contribution < -0.4 is 4.74 Å². The zero-order valence-corrected chi connectivity index (χ0v) is 23.2. The summed E-state index contributed by atoms with van der Waals surface area (Å²) in [6, 6.07) is 8.68. The van der Waals surface area contributed by atoms with E-state index in [1.54, 1.807) is 7.11 Å². The van der Waals surface area contributed by atoms with Crippen molar-refractivity contribution in [2.75, 3.05) is 7.11 Å². The largest absolute Gasteiger partial charge is 0.497 e. The molecule has 3 saturated carbocycles. The molecule has 198 valence electrons. The van der Waals surface area contributed by atoms with Crippen LogP contribution in [0.5, 0.6) is 5.75 Å². The molecule has 0 spiro atoms. The van der Waals surface area contributed by atoms with Gasteiger partial charge in [0.2, 0.25) is 0 Å². The third-order valence-corrected chi connectivity index (χ3v) is 9.66. The van der Waals surface area contributed by atoms with Crippen molar-refractivity contribution in [3.63, 3.8) is 0 Å². The van der Waals surface area contributed by atoms with Gasteiger partial charge >= 0.3 is 0 Å². The van der Waals surface area contributed by atoms with E-state index in [1.165, 1.54) is 121 Å². The van der Waals surface area contributed by atoms with E-state index in [2.05, 4.69) is 38.1 Å². The molecule has 0 N–H and O–H groups in total. The van der Waals surface area contributed by atoms with Crippen LogP contribution in [-0.4, -0.2) is 13.4 Å². The van der Waals surface area contributed by atoms with Crippen LogP contribution in [0.25, 0.3) is 0 Å². The molecular formula is C33H54O2. The smallest absolute Gasteiger partial charge is 0.123 e. The van der Waals surface area contributed by atoms with E-state index < -0.39 is 0 Å². The Balaban J connectivity index is 0.000000196. The Morgan fingerprint density at radius 3 is 1.77 bits per heavy atom. The topological polar surface area (TPSA) is 26.3 Å². The van der Waals surface area contributed by atoms with Crippen LogP contribution in [-0.2, 0) is 4.79 Å². The van der Waals surface area contributed by atoms with Gasteiger partial charge in [-0.3, -0.25) is 0 Å². The summed E-state index contributed by atoms with van der Waals surface area (Å²) in [4.78, 5) is 10.8. The van der Waals surface area contributed by atoms with Crippen molar-refractivity contribution >= 4 is 6.29 Å². The van der Waals surface area contributed by atoms with Gasteiger partial charge in [0.15, 0.2) is 0 Å². The second-order valence-electron chi connectivity index (χ2n) is 12.0. The minimum Gasteiger partial charge on any atom is -0.497 e. The van der Waals surface area contributed by atoms with E-state index in [9.17, 15) is 4.79 Å². The summed E-state index contributed by atoms with van der Waals surface area (Å²) in [7, 11) is 1.73. The highest BCUT2D eigenvalue weighted by Gasteiger charge is 2.30. The third kappa shape index (κ3) is 9.25. The number of hydrogen-bond acceptors (Lipinski definition) is 2. The first kappa shape index (κ1) is 28.3. The van der Waals surface area contributed by atoms with Gasteiger partial charge in [-0.1, -0.05) is 70.9 Å². The molecule has 1 aromatic carbocycles. The van der Waals surface area contributed by atoms with E-state index in [-0.39, 0.29) is 0 Å². The van der Waals surface area contributed by atoms with Crippen LogP contribution in [0.15, 0.2) is 24.3 Å². The number of hydrogen-bond donors (Lipinski definition) is 0. The Kier molecular flexibility index (Phi) is 12.7. The molecule has 35 heavy (non-hydrogen) atoms. The van der Waals surface area contributed by atoms with Crippen LogP contribution in [0.2, 0.25) is 0 Å². The van der Waals surface area contributed by atoms with Crippen LogP contribution >= 0.6 is 0 Å². The van der Waals surface area contributed by atoms with Crippen LogP contribution in [0.1, 0.15) is 134 Å². The van der Waals surface area contributed by atoms with Crippen molar-refractivity contribution in [2.45, 2.75) is 129 Å². The molecule has 1 aromatic rings. The van der Waals surface area contributed by atoms with E-state index in [1.807, 2.05) is 0 Å². The Morgan fingerprint density at radius 1 is 0.714 bits per heavy atom. The lowest BCUT2D eigenvalue weighted by Gasteiger charge is -2.37. The van der Waals surface area contributed by atoms with E-state index in [0.29, 0.717) is 5.92 Å². The molecule has 3 aliphatic carbocycles. The molecule has 2 heteroatoms. The normalized spacial score (nSPS) is 31.2. The molecule has 0 unspecified atom stereocenters. The van der Waals surface area contributed by atoms with E-state index in [0.717, 1.165) is 35.3 Å². The molecule has 3 fully saturated rings. The first-order valence-electron chi connectivity index (χ1n) is 15.3. The van der Waals surface area contributed by atoms with Crippen molar-refractivity contribution in [2.24, 2.45) is 29.6 Å². The van der Waals surface area contributed by atoms with Gasteiger partial charge in [0.25, 0.3) is 0 Å². The van der Waals surface area contributed by atoms with Crippen molar-refractivity contribution < 1.29 is 9.53 Å². The molecule has 0 atom stereocenters. The van der Waals surface area contributed by atoms with Crippen molar-refractivity contribution in [3.8, 4) is 5.75 Å². The standard InChI is InChI=1S/C17H26O.C16H28O/c1-3-4-5-14-6-8-15(9-7-14)16-10-12-17(18-2)13-11-16;1-2-3-13-4-8-15(9-5-13)16-10-6-14(12-17)7-11-16/h10-15H,3-9H2,1-2H3;12-16H,2-11H2,1H3. The van der Waals surface area contributed by atoms with Gasteiger partial charge in [0, 0.05) is 5.92 Å². The second kappa shape index (κ2) is 15.7. The van der Waals surface area contributed by atoms with Gasteiger partial charge in [-0.2, -0.15) is 0 Å². The highest BCUT2D eigenvalue weighted by Crippen LogP contribution is 2.42. The van der Waals surface area contributed by atoms with Gasteiger partial charge in [-0.15, -0.1) is 0 Å². The van der Waals surface area contributed by atoms with Gasteiger partial charge in [0.1, 0.15) is 12.0 Å². The Morgan fingerprint density at radius 2 is 1.26 bits per heavy atom. The number of rotatable bonds is 9. The summed E-state index contributed by atoms with van der Waals surface area (Å²) in [5.41, 5.74) is 1.50. The number of carbonyl (C=O) groups excluding carboxylic acids is 1. The Bertz CT molecular complexity index is 672. The number of ether oxygens (including phenoxy) is 1. The Labute approximate surface area is 217 Å². The summed E-state index contributed by atoms with van der Waals surface area (Å²) in [5, 5.41) is 0. The number of methoxy groups -OCH3 is 1. The number of benzene rings is 1. The van der Waals surface area contributed by atoms with Crippen molar-refractivity contribution in [3.05, 3.63) is 29.8 Å². The lowest BCUT2D eigenvalue weighted by atomic mass is 9.69. The second-order valence-corrected chi connectivity index (χ2v) is 12.0. The lowest BCUT2D eigenvalue weighted by molar-refractivity contribution is -0.112. The van der Waals surface area contributed by atoms with Crippen molar-refractivity contribution in [1.82, 2.24) is 0 Å². The molecule has 0 radical (unpaired) electrons. The molecule has 0 bridgehead atoms. The first-order chi connectivity index (χ1) is 17.2. The van der Waals surface area contributed by atoms with Crippen LogP contribution in [0, 0.1) is 29.6 Å². The highest BCUT2D eigenvalue weighted by molar-refractivity contribution is 5.53. The average molecular weight is 483 g/mol. The molecule has 0 amide bonds. The lowest BCUT2D eigenvalue weighted by Crippen LogP contribution is -2.26. The average Bonchev–Trinajstić information content (AvgIpc) is 2.93. The molecule has 2 nitrogen and oxygen atoms in total.